The highest BCUT2D eigenvalue weighted by Crippen LogP contribution is 2.35. The molecule has 2 aromatic rings. The van der Waals surface area contributed by atoms with Crippen LogP contribution in [0.2, 0.25) is 10.0 Å². The number of rotatable bonds is 4. The van der Waals surface area contributed by atoms with Gasteiger partial charge in [0.05, 0.1) is 34.3 Å². The molecule has 0 spiro atoms. The molecule has 0 radical (unpaired) electrons. The fourth-order valence-electron chi connectivity index (χ4n) is 1.86. The number of ketones is 1. The smallest absolute Gasteiger partial charge is 0.198 e. The number of ether oxygens (including phenoxy) is 2. The van der Waals surface area contributed by atoms with Crippen LogP contribution in [0.3, 0.4) is 0 Å². The van der Waals surface area contributed by atoms with Crippen molar-refractivity contribution in [2.45, 2.75) is 0 Å². The van der Waals surface area contributed by atoms with Gasteiger partial charge in [0.1, 0.15) is 11.5 Å². The molecule has 0 aliphatic rings. The highest BCUT2D eigenvalue weighted by atomic mass is 79.9. The molecular formula is C15H11BrCl2O3. The van der Waals surface area contributed by atoms with Gasteiger partial charge in [0.15, 0.2) is 5.78 Å². The molecule has 0 bridgehead atoms. The zero-order chi connectivity index (χ0) is 15.6. The third kappa shape index (κ3) is 3.18. The predicted octanol–water partition coefficient (Wildman–Crippen LogP) is 5.00. The van der Waals surface area contributed by atoms with E-state index in [9.17, 15) is 4.79 Å². The van der Waals surface area contributed by atoms with Crippen molar-refractivity contribution in [1.29, 1.82) is 0 Å². The molecule has 0 aliphatic heterocycles. The fourth-order valence-corrected chi connectivity index (χ4v) is 2.73. The summed E-state index contributed by atoms with van der Waals surface area (Å²) < 4.78 is 11.2. The first-order valence-corrected chi connectivity index (χ1v) is 7.44. The van der Waals surface area contributed by atoms with Crippen LogP contribution in [0.5, 0.6) is 11.5 Å². The van der Waals surface area contributed by atoms with E-state index in [1.54, 1.807) is 30.3 Å². The summed E-state index contributed by atoms with van der Waals surface area (Å²) in [5.41, 5.74) is 0.661. The normalized spacial score (nSPS) is 10.3. The first-order chi connectivity index (χ1) is 9.99. The second-order valence-electron chi connectivity index (χ2n) is 4.12. The Bertz CT molecular complexity index is 702. The van der Waals surface area contributed by atoms with Crippen LogP contribution in [0.25, 0.3) is 0 Å². The van der Waals surface area contributed by atoms with Gasteiger partial charge in [-0.3, -0.25) is 4.79 Å². The lowest BCUT2D eigenvalue weighted by molar-refractivity contribution is 0.103. The van der Waals surface area contributed by atoms with E-state index in [1.165, 1.54) is 14.2 Å². The number of carbonyl (C=O) groups excluding carboxylic acids is 1. The molecule has 0 amide bonds. The van der Waals surface area contributed by atoms with E-state index in [4.69, 9.17) is 32.7 Å². The molecular weight excluding hydrogens is 379 g/mol. The van der Waals surface area contributed by atoms with Crippen molar-refractivity contribution in [2.24, 2.45) is 0 Å². The highest BCUT2D eigenvalue weighted by Gasteiger charge is 2.20. The summed E-state index contributed by atoms with van der Waals surface area (Å²) in [7, 11) is 3.01. The van der Waals surface area contributed by atoms with Crippen LogP contribution in [0.1, 0.15) is 15.9 Å². The molecule has 21 heavy (non-hydrogen) atoms. The monoisotopic (exact) mass is 388 g/mol. The molecule has 6 heteroatoms. The quantitative estimate of drug-likeness (QED) is 0.690. The lowest BCUT2D eigenvalue weighted by atomic mass is 10.0. The van der Waals surface area contributed by atoms with Crippen molar-refractivity contribution in [3.63, 3.8) is 0 Å². The molecule has 110 valence electrons. The van der Waals surface area contributed by atoms with Gasteiger partial charge in [0, 0.05) is 5.56 Å². The summed E-state index contributed by atoms with van der Waals surface area (Å²) in [6.45, 7) is 0. The molecule has 3 nitrogen and oxygen atoms in total. The first kappa shape index (κ1) is 16.1. The average molecular weight is 390 g/mol. The van der Waals surface area contributed by atoms with Crippen molar-refractivity contribution >= 4 is 44.9 Å². The third-order valence-electron chi connectivity index (χ3n) is 2.91. The van der Waals surface area contributed by atoms with Crippen molar-refractivity contribution in [3.05, 3.63) is 56.0 Å². The lowest BCUT2D eigenvalue weighted by Crippen LogP contribution is -2.06. The van der Waals surface area contributed by atoms with Gasteiger partial charge >= 0.3 is 0 Å². The molecule has 0 aliphatic carbocycles. The van der Waals surface area contributed by atoms with Crippen LogP contribution in [0, 0.1) is 0 Å². The van der Waals surface area contributed by atoms with E-state index < -0.39 is 0 Å². The molecule has 0 aromatic heterocycles. The predicted molar refractivity (Wildman–Crippen MR) is 87.1 cm³/mol. The number of carbonyl (C=O) groups is 1. The Morgan fingerprint density at radius 2 is 1.71 bits per heavy atom. The maximum atomic E-state index is 12.7. The first-order valence-electron chi connectivity index (χ1n) is 5.89. The van der Waals surface area contributed by atoms with E-state index in [0.717, 1.165) is 0 Å². The topological polar surface area (TPSA) is 35.5 Å². The standard InChI is InChI=1S/C15H11BrCl2O3/c1-20-12-7-10(16)13(21-2)6-9(12)15(19)8-4-3-5-11(17)14(8)18/h3-7H,1-2H3. The van der Waals surface area contributed by atoms with Crippen LogP contribution in [-0.2, 0) is 0 Å². The molecule has 0 fully saturated rings. The molecule has 0 saturated carbocycles. The van der Waals surface area contributed by atoms with Gasteiger partial charge in [-0.2, -0.15) is 0 Å². The lowest BCUT2D eigenvalue weighted by Gasteiger charge is -2.12. The van der Waals surface area contributed by atoms with Crippen LogP contribution < -0.4 is 9.47 Å². The molecule has 0 N–H and O–H groups in total. The van der Waals surface area contributed by atoms with Crippen molar-refractivity contribution in [1.82, 2.24) is 0 Å². The van der Waals surface area contributed by atoms with Crippen molar-refractivity contribution in [3.8, 4) is 11.5 Å². The van der Waals surface area contributed by atoms with Crippen LogP contribution in [-0.4, -0.2) is 20.0 Å². The van der Waals surface area contributed by atoms with E-state index in [2.05, 4.69) is 15.9 Å². The van der Waals surface area contributed by atoms with Gasteiger partial charge in [-0.15, -0.1) is 0 Å². The van der Waals surface area contributed by atoms with Gasteiger partial charge in [0.25, 0.3) is 0 Å². The summed E-state index contributed by atoms with van der Waals surface area (Å²) in [5, 5.41) is 0.540. The SMILES string of the molecule is COc1cc(C(=O)c2cccc(Cl)c2Cl)c(OC)cc1Br. The fraction of sp³-hybridized carbons (Fsp3) is 0.133. The Hall–Kier alpha value is -1.23. The van der Waals surface area contributed by atoms with Crippen molar-refractivity contribution in [2.75, 3.05) is 14.2 Å². The summed E-state index contributed by atoms with van der Waals surface area (Å²) in [6.07, 6.45) is 0. The Balaban J connectivity index is 2.60. The number of hydrogen-bond acceptors (Lipinski definition) is 3. The Morgan fingerprint density at radius 3 is 2.33 bits per heavy atom. The largest absolute Gasteiger partial charge is 0.496 e. The van der Waals surface area contributed by atoms with E-state index in [0.29, 0.717) is 32.1 Å². The minimum Gasteiger partial charge on any atom is -0.496 e. The highest BCUT2D eigenvalue weighted by molar-refractivity contribution is 9.10. The summed E-state index contributed by atoms with van der Waals surface area (Å²) in [4.78, 5) is 12.7. The minimum atomic E-state index is -0.287. The van der Waals surface area contributed by atoms with Gasteiger partial charge in [-0.1, -0.05) is 29.3 Å². The van der Waals surface area contributed by atoms with Gasteiger partial charge in [-0.25, -0.2) is 0 Å². The molecule has 0 unspecified atom stereocenters. The molecule has 2 rings (SSSR count). The van der Waals surface area contributed by atoms with Gasteiger partial charge in [-0.05, 0) is 40.2 Å². The number of methoxy groups -OCH3 is 2. The van der Waals surface area contributed by atoms with Crippen molar-refractivity contribution < 1.29 is 14.3 Å². The average Bonchev–Trinajstić information content (AvgIpc) is 2.49. The Morgan fingerprint density at radius 1 is 1.05 bits per heavy atom. The maximum absolute atomic E-state index is 12.7. The zero-order valence-electron chi connectivity index (χ0n) is 11.2. The van der Waals surface area contributed by atoms with Crippen LogP contribution >= 0.6 is 39.1 Å². The minimum absolute atomic E-state index is 0.216. The van der Waals surface area contributed by atoms with E-state index in [-0.39, 0.29) is 10.8 Å². The zero-order valence-corrected chi connectivity index (χ0v) is 14.3. The van der Waals surface area contributed by atoms with E-state index >= 15 is 0 Å². The molecule has 0 saturated heterocycles. The van der Waals surface area contributed by atoms with Gasteiger partial charge < -0.3 is 9.47 Å². The molecule has 2 aromatic carbocycles. The maximum Gasteiger partial charge on any atom is 0.198 e. The van der Waals surface area contributed by atoms with Gasteiger partial charge in [0.2, 0.25) is 0 Å². The molecule has 0 atom stereocenters. The summed E-state index contributed by atoms with van der Waals surface area (Å²) in [5.74, 6) is 0.658. The summed E-state index contributed by atoms with van der Waals surface area (Å²) in [6, 6.07) is 8.18. The molecule has 0 heterocycles. The Labute approximate surface area is 140 Å². The number of benzene rings is 2. The second kappa shape index (κ2) is 6.69. The van der Waals surface area contributed by atoms with E-state index in [1.807, 2.05) is 0 Å². The van der Waals surface area contributed by atoms with Crippen LogP contribution in [0.15, 0.2) is 34.8 Å². The van der Waals surface area contributed by atoms with Crippen LogP contribution in [0.4, 0.5) is 0 Å². The number of halogens is 3. The third-order valence-corrected chi connectivity index (χ3v) is 4.35. The summed E-state index contributed by atoms with van der Waals surface area (Å²) >= 11 is 15.4. The second-order valence-corrected chi connectivity index (χ2v) is 5.76. The number of hydrogen-bond donors (Lipinski definition) is 0. The Kier molecular flexibility index (Phi) is 5.14.